The molecular formula is C22H28ClFN2O4S. The van der Waals surface area contributed by atoms with Crippen molar-refractivity contribution in [1.29, 1.82) is 0 Å². The van der Waals surface area contributed by atoms with Crippen molar-refractivity contribution in [3.63, 3.8) is 0 Å². The zero-order valence-electron chi connectivity index (χ0n) is 18.3. The van der Waals surface area contributed by atoms with E-state index >= 15 is 0 Å². The fourth-order valence-corrected chi connectivity index (χ4v) is 4.87. The van der Waals surface area contributed by atoms with Crippen molar-refractivity contribution in [1.82, 2.24) is 5.32 Å². The maximum absolute atomic E-state index is 13.6. The Hall–Kier alpha value is -2.32. The second-order valence-corrected chi connectivity index (χ2v) is 9.55. The Balaban J connectivity index is 2.38. The number of hydrogen-bond donors (Lipinski definition) is 1. The van der Waals surface area contributed by atoms with Crippen LogP contribution in [-0.4, -0.2) is 33.7 Å². The van der Waals surface area contributed by atoms with E-state index in [2.05, 4.69) is 5.32 Å². The summed E-state index contributed by atoms with van der Waals surface area (Å²) in [6, 6.07) is 7.88. The molecule has 0 aliphatic rings. The molecule has 31 heavy (non-hydrogen) atoms. The molecule has 1 N–H and O–H groups in total. The van der Waals surface area contributed by atoms with Crippen LogP contribution in [0.2, 0.25) is 5.02 Å². The van der Waals surface area contributed by atoms with Crippen molar-refractivity contribution in [3.05, 3.63) is 58.4 Å². The van der Waals surface area contributed by atoms with Crippen LogP contribution < -0.4 is 14.4 Å². The van der Waals surface area contributed by atoms with E-state index in [0.29, 0.717) is 6.42 Å². The highest BCUT2D eigenvalue weighted by Gasteiger charge is 2.33. The molecule has 2 rings (SSSR count). The zero-order chi connectivity index (χ0) is 23.3. The van der Waals surface area contributed by atoms with Gasteiger partial charge in [0.1, 0.15) is 17.6 Å². The Bertz CT molecular complexity index is 1050. The van der Waals surface area contributed by atoms with Crippen molar-refractivity contribution in [2.75, 3.05) is 17.7 Å². The fraction of sp³-hybridized carbons (Fsp3) is 0.409. The van der Waals surface area contributed by atoms with Gasteiger partial charge in [0.15, 0.2) is 0 Å². The zero-order valence-corrected chi connectivity index (χ0v) is 19.8. The lowest BCUT2D eigenvalue weighted by atomic mass is 10.0. The normalized spacial score (nSPS) is 13.4. The molecule has 9 heteroatoms. The number of carbonyl (C=O) groups excluding carboxylic acids is 1. The van der Waals surface area contributed by atoms with E-state index in [9.17, 15) is 17.6 Å². The highest BCUT2D eigenvalue weighted by atomic mass is 35.5. The largest absolute Gasteiger partial charge is 0.496 e. The third kappa shape index (κ3) is 5.89. The molecule has 0 bridgehead atoms. The summed E-state index contributed by atoms with van der Waals surface area (Å²) in [6.45, 7) is 5.56. The average molecular weight is 471 g/mol. The van der Waals surface area contributed by atoms with Gasteiger partial charge in [-0.15, -0.1) is 0 Å². The van der Waals surface area contributed by atoms with Gasteiger partial charge in [0, 0.05) is 0 Å². The molecule has 0 aliphatic heterocycles. The first-order chi connectivity index (χ1) is 14.5. The molecule has 2 aromatic rings. The van der Waals surface area contributed by atoms with Crippen LogP contribution in [0.3, 0.4) is 0 Å². The molecule has 1 amide bonds. The van der Waals surface area contributed by atoms with Gasteiger partial charge in [-0.2, -0.15) is 0 Å². The number of anilines is 1. The van der Waals surface area contributed by atoms with Crippen LogP contribution >= 0.6 is 11.6 Å². The maximum atomic E-state index is 13.6. The second-order valence-electron chi connectivity index (χ2n) is 7.28. The molecule has 0 unspecified atom stereocenters. The number of amides is 1. The number of benzene rings is 2. The van der Waals surface area contributed by atoms with Gasteiger partial charge in [-0.25, -0.2) is 12.8 Å². The van der Waals surface area contributed by atoms with E-state index in [0.717, 1.165) is 33.5 Å². The summed E-state index contributed by atoms with van der Waals surface area (Å²) in [5.74, 6) is -0.376. The summed E-state index contributed by atoms with van der Waals surface area (Å²) in [4.78, 5) is 13.2. The summed E-state index contributed by atoms with van der Waals surface area (Å²) in [5.41, 5.74) is 1.95. The van der Waals surface area contributed by atoms with Crippen molar-refractivity contribution < 1.29 is 22.3 Å². The predicted octanol–water partition coefficient (Wildman–Crippen LogP) is 4.61. The Morgan fingerprint density at radius 1 is 1.19 bits per heavy atom. The van der Waals surface area contributed by atoms with Crippen molar-refractivity contribution in [2.24, 2.45) is 0 Å². The van der Waals surface area contributed by atoms with Crippen LogP contribution in [0.1, 0.15) is 43.9 Å². The van der Waals surface area contributed by atoms with Gasteiger partial charge in [0.2, 0.25) is 15.9 Å². The molecule has 0 saturated heterocycles. The van der Waals surface area contributed by atoms with E-state index in [-0.39, 0.29) is 23.2 Å². The molecule has 0 aromatic heterocycles. The highest BCUT2D eigenvalue weighted by Crippen LogP contribution is 2.29. The minimum atomic E-state index is -3.85. The Kier molecular flexibility index (Phi) is 8.31. The summed E-state index contributed by atoms with van der Waals surface area (Å²) in [6.07, 6.45) is 1.82. The smallest absolute Gasteiger partial charge is 0.244 e. The Morgan fingerprint density at radius 3 is 2.35 bits per heavy atom. The molecule has 2 atom stereocenters. The quantitative estimate of drug-likeness (QED) is 0.580. The lowest BCUT2D eigenvalue weighted by Crippen LogP contribution is -2.50. The number of nitrogens with one attached hydrogen (secondary N) is 1. The summed E-state index contributed by atoms with van der Waals surface area (Å²) >= 11 is 5.85. The molecule has 0 heterocycles. The van der Waals surface area contributed by atoms with Crippen LogP contribution in [0, 0.1) is 12.7 Å². The summed E-state index contributed by atoms with van der Waals surface area (Å²) < 4.78 is 45.0. The molecule has 0 radical (unpaired) electrons. The number of hydrogen-bond acceptors (Lipinski definition) is 4. The van der Waals surface area contributed by atoms with Crippen LogP contribution in [0.25, 0.3) is 0 Å². The van der Waals surface area contributed by atoms with Gasteiger partial charge in [0.05, 0.1) is 30.1 Å². The van der Waals surface area contributed by atoms with Gasteiger partial charge in [-0.05, 0) is 55.2 Å². The van der Waals surface area contributed by atoms with Gasteiger partial charge >= 0.3 is 0 Å². The van der Waals surface area contributed by atoms with Crippen molar-refractivity contribution in [2.45, 2.75) is 45.7 Å². The van der Waals surface area contributed by atoms with Crippen LogP contribution in [-0.2, 0) is 14.8 Å². The minimum absolute atomic E-state index is 0.129. The highest BCUT2D eigenvalue weighted by molar-refractivity contribution is 7.92. The molecule has 0 spiro atoms. The number of carbonyl (C=O) groups is 1. The third-order valence-electron chi connectivity index (χ3n) is 5.03. The standard InChI is InChI=1S/C22H28ClFN2O4S/c1-6-19(15-8-11-21(30-4)14(3)12-15)25-22(27)20(7-2)26(31(5,28)29)16-9-10-18(24)17(23)13-16/h8-13,19-20H,6-7H2,1-5H3,(H,25,27)/t19-,20+/m0/s1. The van der Waals surface area contributed by atoms with Gasteiger partial charge in [0.25, 0.3) is 0 Å². The Labute approximate surface area is 188 Å². The molecular weight excluding hydrogens is 443 g/mol. The maximum Gasteiger partial charge on any atom is 0.244 e. The van der Waals surface area contributed by atoms with E-state index < -0.39 is 27.8 Å². The van der Waals surface area contributed by atoms with Crippen LogP contribution in [0.15, 0.2) is 36.4 Å². The monoisotopic (exact) mass is 470 g/mol. The molecule has 0 saturated carbocycles. The average Bonchev–Trinajstić information content (AvgIpc) is 2.71. The van der Waals surface area contributed by atoms with E-state index in [1.807, 2.05) is 32.0 Å². The number of halogens is 2. The van der Waals surface area contributed by atoms with Gasteiger partial charge in [-0.1, -0.05) is 37.6 Å². The summed E-state index contributed by atoms with van der Waals surface area (Å²) in [7, 11) is -2.26. The predicted molar refractivity (Wildman–Crippen MR) is 122 cm³/mol. The lowest BCUT2D eigenvalue weighted by Gasteiger charge is -2.31. The molecule has 2 aromatic carbocycles. The van der Waals surface area contributed by atoms with Crippen molar-refractivity contribution >= 4 is 33.2 Å². The van der Waals surface area contributed by atoms with Crippen LogP contribution in [0.5, 0.6) is 5.75 Å². The van der Waals surface area contributed by atoms with Crippen LogP contribution in [0.4, 0.5) is 10.1 Å². The molecule has 0 aliphatic carbocycles. The second kappa shape index (κ2) is 10.3. The van der Waals surface area contributed by atoms with Crippen molar-refractivity contribution in [3.8, 4) is 5.75 Å². The SMILES string of the molecule is CC[C@H](NC(=O)[C@@H](CC)N(c1ccc(F)c(Cl)c1)S(C)(=O)=O)c1ccc(OC)c(C)c1. The lowest BCUT2D eigenvalue weighted by molar-refractivity contribution is -0.123. The van der Waals surface area contributed by atoms with E-state index in [1.165, 1.54) is 12.1 Å². The number of rotatable bonds is 9. The first-order valence-electron chi connectivity index (χ1n) is 9.92. The van der Waals surface area contributed by atoms with Gasteiger partial charge < -0.3 is 10.1 Å². The molecule has 170 valence electrons. The first-order valence-corrected chi connectivity index (χ1v) is 12.1. The van der Waals surface area contributed by atoms with E-state index in [4.69, 9.17) is 16.3 Å². The Morgan fingerprint density at radius 2 is 1.87 bits per heavy atom. The number of sulfonamides is 1. The fourth-order valence-electron chi connectivity index (χ4n) is 3.49. The molecule has 6 nitrogen and oxygen atoms in total. The number of ether oxygens (including phenoxy) is 1. The first kappa shape index (κ1) is 24.9. The van der Waals surface area contributed by atoms with Gasteiger partial charge in [-0.3, -0.25) is 9.10 Å². The number of methoxy groups -OCH3 is 1. The minimum Gasteiger partial charge on any atom is -0.496 e. The third-order valence-corrected chi connectivity index (χ3v) is 6.50. The summed E-state index contributed by atoms with van der Waals surface area (Å²) in [5, 5.41) is 2.73. The van der Waals surface area contributed by atoms with E-state index in [1.54, 1.807) is 14.0 Å². The topological polar surface area (TPSA) is 75.7 Å². The number of nitrogens with zero attached hydrogens (tertiary/aromatic N) is 1. The molecule has 0 fully saturated rings. The number of aryl methyl sites for hydroxylation is 1.